The van der Waals surface area contributed by atoms with Crippen molar-refractivity contribution in [2.45, 2.75) is 9.79 Å². The zero-order valence-corrected chi connectivity index (χ0v) is 10.3. The molecule has 17 heavy (non-hydrogen) atoms. The molecule has 0 fully saturated rings. The quantitative estimate of drug-likeness (QED) is 0.775. The van der Waals surface area contributed by atoms with Gasteiger partial charge in [0, 0.05) is 9.79 Å². The molecule has 1 amide bonds. The molecule has 2 aromatic rings. The van der Waals surface area contributed by atoms with Crippen molar-refractivity contribution >= 4 is 35.0 Å². The molecule has 0 unspecified atom stereocenters. The lowest BCUT2D eigenvalue weighted by molar-refractivity contribution is 0.102. The van der Waals surface area contributed by atoms with Crippen LogP contribution in [0, 0.1) is 0 Å². The molecule has 0 spiro atoms. The van der Waals surface area contributed by atoms with Crippen LogP contribution in [0.25, 0.3) is 0 Å². The fourth-order valence-corrected chi connectivity index (χ4v) is 3.15. The largest absolute Gasteiger partial charge is 0.321 e. The van der Waals surface area contributed by atoms with Crippen LogP contribution in [0.2, 0.25) is 5.02 Å². The lowest BCUT2D eigenvalue weighted by atomic mass is 10.2. The molecule has 1 heterocycles. The first kappa shape index (κ1) is 10.7. The Morgan fingerprint density at radius 3 is 2.65 bits per heavy atom. The minimum absolute atomic E-state index is 0.150. The van der Waals surface area contributed by atoms with Crippen molar-refractivity contribution in [1.29, 1.82) is 0 Å². The van der Waals surface area contributed by atoms with E-state index in [9.17, 15) is 4.79 Å². The standard InChI is InChI=1S/C13H8ClNOS/c14-8-4-3-7-11-12(8)13(16)15-9-5-1-2-6-10(9)17-11/h1-7H,(H,15,16). The Morgan fingerprint density at radius 2 is 1.76 bits per heavy atom. The maximum Gasteiger partial charge on any atom is 0.258 e. The van der Waals surface area contributed by atoms with Crippen molar-refractivity contribution in [3.63, 3.8) is 0 Å². The molecule has 1 N–H and O–H groups in total. The molecule has 1 aliphatic rings. The third kappa shape index (κ3) is 1.81. The van der Waals surface area contributed by atoms with E-state index in [0.29, 0.717) is 10.6 Å². The van der Waals surface area contributed by atoms with Gasteiger partial charge in [0.2, 0.25) is 0 Å². The number of rotatable bonds is 0. The Morgan fingerprint density at radius 1 is 1.00 bits per heavy atom. The van der Waals surface area contributed by atoms with Crippen LogP contribution in [0.5, 0.6) is 0 Å². The summed E-state index contributed by atoms with van der Waals surface area (Å²) in [6, 6.07) is 13.2. The molecule has 0 saturated heterocycles. The average Bonchev–Trinajstić information content (AvgIpc) is 2.45. The summed E-state index contributed by atoms with van der Waals surface area (Å²) >= 11 is 7.63. The predicted octanol–water partition coefficient (Wildman–Crippen LogP) is 4.06. The number of hydrogen-bond donors (Lipinski definition) is 1. The number of halogens is 1. The van der Waals surface area contributed by atoms with Gasteiger partial charge < -0.3 is 5.32 Å². The van der Waals surface area contributed by atoms with E-state index in [2.05, 4.69) is 5.32 Å². The van der Waals surface area contributed by atoms with Crippen molar-refractivity contribution < 1.29 is 4.79 Å². The number of para-hydroxylation sites is 1. The van der Waals surface area contributed by atoms with E-state index in [0.717, 1.165) is 15.5 Å². The second-order valence-electron chi connectivity index (χ2n) is 3.67. The fraction of sp³-hybridized carbons (Fsp3) is 0. The summed E-state index contributed by atoms with van der Waals surface area (Å²) in [7, 11) is 0. The maximum atomic E-state index is 12.1. The van der Waals surface area contributed by atoms with Gasteiger partial charge in [-0.3, -0.25) is 4.79 Å². The summed E-state index contributed by atoms with van der Waals surface area (Å²) in [5.74, 6) is -0.150. The first-order valence-electron chi connectivity index (χ1n) is 5.12. The van der Waals surface area contributed by atoms with Crippen LogP contribution in [0.4, 0.5) is 5.69 Å². The van der Waals surface area contributed by atoms with Gasteiger partial charge in [-0.2, -0.15) is 0 Å². The van der Waals surface area contributed by atoms with Crippen molar-refractivity contribution in [2.75, 3.05) is 5.32 Å². The van der Waals surface area contributed by atoms with Crippen molar-refractivity contribution in [1.82, 2.24) is 0 Å². The summed E-state index contributed by atoms with van der Waals surface area (Å²) < 4.78 is 0. The number of carbonyl (C=O) groups is 1. The van der Waals surface area contributed by atoms with Gasteiger partial charge in [-0.15, -0.1) is 0 Å². The molecular formula is C13H8ClNOS. The van der Waals surface area contributed by atoms with E-state index in [1.54, 1.807) is 17.8 Å². The van der Waals surface area contributed by atoms with E-state index in [1.807, 2.05) is 36.4 Å². The summed E-state index contributed by atoms with van der Waals surface area (Å²) in [5.41, 5.74) is 1.38. The summed E-state index contributed by atoms with van der Waals surface area (Å²) in [6.07, 6.45) is 0. The van der Waals surface area contributed by atoms with E-state index < -0.39 is 0 Å². The van der Waals surface area contributed by atoms with Gasteiger partial charge in [-0.25, -0.2) is 0 Å². The van der Waals surface area contributed by atoms with Gasteiger partial charge in [0.1, 0.15) is 0 Å². The Labute approximate surface area is 108 Å². The van der Waals surface area contributed by atoms with Crippen LogP contribution in [-0.4, -0.2) is 5.91 Å². The number of carbonyl (C=O) groups excluding carboxylic acids is 1. The van der Waals surface area contributed by atoms with Gasteiger partial charge in [-0.05, 0) is 24.3 Å². The molecule has 0 atom stereocenters. The molecule has 84 valence electrons. The lowest BCUT2D eigenvalue weighted by Crippen LogP contribution is -2.12. The van der Waals surface area contributed by atoms with Crippen LogP contribution in [0.15, 0.2) is 52.3 Å². The highest BCUT2D eigenvalue weighted by Gasteiger charge is 2.21. The molecule has 0 saturated carbocycles. The third-order valence-corrected chi connectivity index (χ3v) is 4.01. The highest BCUT2D eigenvalue weighted by molar-refractivity contribution is 7.99. The monoisotopic (exact) mass is 261 g/mol. The normalized spacial score (nSPS) is 13.4. The molecule has 0 aromatic heterocycles. The smallest absolute Gasteiger partial charge is 0.258 e. The zero-order chi connectivity index (χ0) is 11.8. The minimum Gasteiger partial charge on any atom is -0.321 e. The third-order valence-electron chi connectivity index (χ3n) is 2.56. The summed E-state index contributed by atoms with van der Waals surface area (Å²) in [6.45, 7) is 0. The molecule has 2 aromatic carbocycles. The minimum atomic E-state index is -0.150. The zero-order valence-electron chi connectivity index (χ0n) is 8.74. The van der Waals surface area contributed by atoms with E-state index in [1.165, 1.54) is 0 Å². The molecule has 3 rings (SSSR count). The molecular weight excluding hydrogens is 254 g/mol. The van der Waals surface area contributed by atoms with Crippen LogP contribution >= 0.6 is 23.4 Å². The summed E-state index contributed by atoms with van der Waals surface area (Å²) in [4.78, 5) is 14.0. The first-order valence-corrected chi connectivity index (χ1v) is 6.32. The summed E-state index contributed by atoms with van der Waals surface area (Å²) in [5, 5.41) is 3.36. The number of amides is 1. The van der Waals surface area contributed by atoms with Crippen LogP contribution in [0.1, 0.15) is 10.4 Å². The SMILES string of the molecule is O=C1Nc2ccccc2Sc2cccc(Cl)c21. The van der Waals surface area contributed by atoms with Crippen LogP contribution in [-0.2, 0) is 0 Å². The van der Waals surface area contributed by atoms with Gasteiger partial charge in [0.15, 0.2) is 0 Å². The molecule has 0 bridgehead atoms. The molecule has 0 aliphatic carbocycles. The lowest BCUT2D eigenvalue weighted by Gasteiger charge is -2.04. The van der Waals surface area contributed by atoms with Crippen molar-refractivity contribution in [3.8, 4) is 0 Å². The highest BCUT2D eigenvalue weighted by Crippen LogP contribution is 2.40. The molecule has 0 radical (unpaired) electrons. The second kappa shape index (κ2) is 4.09. The van der Waals surface area contributed by atoms with Crippen LogP contribution < -0.4 is 5.32 Å². The second-order valence-corrected chi connectivity index (χ2v) is 5.16. The van der Waals surface area contributed by atoms with Gasteiger partial charge in [-0.1, -0.05) is 41.6 Å². The molecule has 4 heteroatoms. The number of fused-ring (bicyclic) bond motifs is 2. The Bertz CT molecular complexity index is 612. The van der Waals surface area contributed by atoms with E-state index in [4.69, 9.17) is 11.6 Å². The predicted molar refractivity (Wildman–Crippen MR) is 70.0 cm³/mol. The maximum absolute atomic E-state index is 12.1. The topological polar surface area (TPSA) is 29.1 Å². The number of benzene rings is 2. The van der Waals surface area contributed by atoms with Gasteiger partial charge in [0.25, 0.3) is 5.91 Å². The van der Waals surface area contributed by atoms with Gasteiger partial charge >= 0.3 is 0 Å². The highest BCUT2D eigenvalue weighted by atomic mass is 35.5. The molecule has 2 nitrogen and oxygen atoms in total. The number of anilines is 1. The van der Waals surface area contributed by atoms with Gasteiger partial charge in [0.05, 0.1) is 16.3 Å². The van der Waals surface area contributed by atoms with Crippen molar-refractivity contribution in [2.24, 2.45) is 0 Å². The van der Waals surface area contributed by atoms with E-state index >= 15 is 0 Å². The number of nitrogens with one attached hydrogen (secondary N) is 1. The Kier molecular flexibility index (Phi) is 2.57. The van der Waals surface area contributed by atoms with Crippen LogP contribution in [0.3, 0.4) is 0 Å². The van der Waals surface area contributed by atoms with E-state index in [-0.39, 0.29) is 5.91 Å². The number of hydrogen-bond acceptors (Lipinski definition) is 2. The molecule has 1 aliphatic heterocycles. The average molecular weight is 262 g/mol. The first-order chi connectivity index (χ1) is 8.25. The van der Waals surface area contributed by atoms with Crippen molar-refractivity contribution in [3.05, 3.63) is 53.1 Å². The Balaban J connectivity index is 2.21. The Hall–Kier alpha value is -1.45. The fourth-order valence-electron chi connectivity index (χ4n) is 1.77.